The van der Waals surface area contributed by atoms with Gasteiger partial charge < -0.3 is 15.5 Å². The molecule has 6 nitrogen and oxygen atoms in total. The topological polar surface area (TPSA) is 78.5 Å². The van der Waals surface area contributed by atoms with Crippen molar-refractivity contribution in [1.29, 1.82) is 0 Å². The molecule has 2 rings (SSSR count). The predicted molar refractivity (Wildman–Crippen MR) is 105 cm³/mol. The second kappa shape index (κ2) is 9.53. The molecule has 1 aliphatic heterocycles. The van der Waals surface area contributed by atoms with Crippen LogP contribution in [0, 0.1) is 11.8 Å². The number of carbonyl (C=O) groups excluding carboxylic acids is 3. The Morgan fingerprint density at radius 2 is 1.59 bits per heavy atom. The van der Waals surface area contributed by atoms with Crippen LogP contribution in [0.5, 0.6) is 0 Å². The number of hydrogen-bond donors (Lipinski definition) is 2. The quantitative estimate of drug-likeness (QED) is 0.802. The molecule has 1 fully saturated rings. The molecule has 1 aromatic rings. The highest BCUT2D eigenvalue weighted by Crippen LogP contribution is 2.14. The molecule has 3 amide bonds. The van der Waals surface area contributed by atoms with E-state index in [1.165, 1.54) is 0 Å². The average molecular weight is 373 g/mol. The fourth-order valence-electron chi connectivity index (χ4n) is 3.25. The molecule has 1 heterocycles. The SMILES string of the molecule is CC(C)C(=O)N1CCC(NC(=O)C(NC(=O)c2ccccc2)C(C)C)CC1. The van der Waals surface area contributed by atoms with Crippen molar-refractivity contribution in [1.82, 2.24) is 15.5 Å². The molecule has 1 aromatic carbocycles. The molecule has 1 saturated heterocycles. The van der Waals surface area contributed by atoms with Crippen LogP contribution in [-0.2, 0) is 9.59 Å². The minimum atomic E-state index is -0.590. The zero-order valence-electron chi connectivity index (χ0n) is 16.7. The molecule has 1 aliphatic rings. The third kappa shape index (κ3) is 5.81. The molecule has 0 spiro atoms. The zero-order chi connectivity index (χ0) is 20.0. The largest absolute Gasteiger partial charge is 0.351 e. The van der Waals surface area contributed by atoms with Crippen LogP contribution in [-0.4, -0.2) is 47.8 Å². The van der Waals surface area contributed by atoms with Crippen molar-refractivity contribution in [3.05, 3.63) is 35.9 Å². The first-order valence-corrected chi connectivity index (χ1v) is 9.74. The van der Waals surface area contributed by atoms with E-state index in [1.807, 2.05) is 38.7 Å². The first-order valence-electron chi connectivity index (χ1n) is 9.74. The first kappa shape index (κ1) is 20.9. The number of hydrogen-bond acceptors (Lipinski definition) is 3. The number of rotatable bonds is 6. The minimum Gasteiger partial charge on any atom is -0.351 e. The number of likely N-dealkylation sites (tertiary alicyclic amines) is 1. The normalized spacial score (nSPS) is 16.3. The van der Waals surface area contributed by atoms with Crippen molar-refractivity contribution < 1.29 is 14.4 Å². The Hall–Kier alpha value is -2.37. The highest BCUT2D eigenvalue weighted by atomic mass is 16.2. The maximum atomic E-state index is 12.7. The fraction of sp³-hybridized carbons (Fsp3) is 0.571. The number of nitrogens with zero attached hydrogens (tertiary/aromatic N) is 1. The van der Waals surface area contributed by atoms with Crippen LogP contribution < -0.4 is 10.6 Å². The molecule has 6 heteroatoms. The Morgan fingerprint density at radius 3 is 2.11 bits per heavy atom. The van der Waals surface area contributed by atoms with Gasteiger partial charge in [-0.25, -0.2) is 0 Å². The van der Waals surface area contributed by atoms with E-state index in [4.69, 9.17) is 0 Å². The van der Waals surface area contributed by atoms with Crippen molar-refractivity contribution >= 4 is 17.7 Å². The summed E-state index contributed by atoms with van der Waals surface area (Å²) < 4.78 is 0. The van der Waals surface area contributed by atoms with Gasteiger partial charge in [-0.2, -0.15) is 0 Å². The van der Waals surface area contributed by atoms with Crippen molar-refractivity contribution in [3.63, 3.8) is 0 Å². The lowest BCUT2D eigenvalue weighted by molar-refractivity contribution is -0.135. The van der Waals surface area contributed by atoms with E-state index in [9.17, 15) is 14.4 Å². The fourth-order valence-corrected chi connectivity index (χ4v) is 3.25. The molecule has 1 atom stereocenters. The molecule has 0 aliphatic carbocycles. The van der Waals surface area contributed by atoms with Gasteiger partial charge in [-0.3, -0.25) is 14.4 Å². The van der Waals surface area contributed by atoms with E-state index >= 15 is 0 Å². The number of nitrogens with one attached hydrogen (secondary N) is 2. The third-order valence-corrected chi connectivity index (χ3v) is 4.92. The predicted octanol–water partition coefficient (Wildman–Crippen LogP) is 2.20. The van der Waals surface area contributed by atoms with Gasteiger partial charge in [-0.05, 0) is 30.9 Å². The van der Waals surface area contributed by atoms with Gasteiger partial charge in [-0.15, -0.1) is 0 Å². The van der Waals surface area contributed by atoms with Crippen LogP contribution in [0.3, 0.4) is 0 Å². The average Bonchev–Trinajstić information content (AvgIpc) is 2.66. The maximum absolute atomic E-state index is 12.7. The molecular weight excluding hydrogens is 342 g/mol. The van der Waals surface area contributed by atoms with E-state index < -0.39 is 6.04 Å². The van der Waals surface area contributed by atoms with Gasteiger partial charge in [0.15, 0.2) is 0 Å². The summed E-state index contributed by atoms with van der Waals surface area (Å²) in [6.07, 6.45) is 1.48. The van der Waals surface area contributed by atoms with E-state index in [0.29, 0.717) is 18.7 Å². The summed E-state index contributed by atoms with van der Waals surface area (Å²) in [5.74, 6) is -0.283. The molecule has 27 heavy (non-hydrogen) atoms. The number of piperidine rings is 1. The monoisotopic (exact) mass is 373 g/mol. The van der Waals surface area contributed by atoms with E-state index in [1.54, 1.807) is 24.3 Å². The van der Waals surface area contributed by atoms with Gasteiger partial charge in [0.25, 0.3) is 5.91 Å². The smallest absolute Gasteiger partial charge is 0.251 e. The highest BCUT2D eigenvalue weighted by molar-refractivity contribution is 5.97. The Labute approximate surface area is 161 Å². The summed E-state index contributed by atoms with van der Waals surface area (Å²) in [5.41, 5.74) is 0.538. The van der Waals surface area contributed by atoms with Gasteiger partial charge in [-0.1, -0.05) is 45.9 Å². The number of benzene rings is 1. The van der Waals surface area contributed by atoms with Crippen molar-refractivity contribution in [2.45, 2.75) is 52.6 Å². The van der Waals surface area contributed by atoms with Crippen molar-refractivity contribution in [2.24, 2.45) is 11.8 Å². The number of carbonyl (C=O) groups is 3. The Morgan fingerprint density at radius 1 is 1.00 bits per heavy atom. The van der Waals surface area contributed by atoms with Crippen LogP contribution >= 0.6 is 0 Å². The van der Waals surface area contributed by atoms with E-state index in [-0.39, 0.29) is 35.6 Å². The summed E-state index contributed by atoms with van der Waals surface area (Å²) in [5, 5.41) is 5.90. The van der Waals surface area contributed by atoms with Gasteiger partial charge in [0.1, 0.15) is 6.04 Å². The van der Waals surface area contributed by atoms with E-state index in [2.05, 4.69) is 10.6 Å². The summed E-state index contributed by atoms with van der Waals surface area (Å²) in [4.78, 5) is 39.1. The Kier molecular flexibility index (Phi) is 7.39. The van der Waals surface area contributed by atoms with Crippen molar-refractivity contribution in [3.8, 4) is 0 Å². The molecule has 0 radical (unpaired) electrons. The lowest BCUT2D eigenvalue weighted by Crippen LogP contribution is -2.54. The van der Waals surface area contributed by atoms with Crippen LogP contribution in [0.15, 0.2) is 30.3 Å². The van der Waals surface area contributed by atoms with Crippen LogP contribution in [0.1, 0.15) is 50.9 Å². The Bertz CT molecular complexity index is 650. The molecular formula is C21H31N3O3. The second-order valence-electron chi connectivity index (χ2n) is 7.82. The Balaban J connectivity index is 1.90. The third-order valence-electron chi connectivity index (χ3n) is 4.92. The maximum Gasteiger partial charge on any atom is 0.251 e. The first-order chi connectivity index (χ1) is 12.8. The van der Waals surface area contributed by atoms with Gasteiger partial charge in [0, 0.05) is 30.6 Å². The van der Waals surface area contributed by atoms with E-state index in [0.717, 1.165) is 12.8 Å². The van der Waals surface area contributed by atoms with Gasteiger partial charge in [0.05, 0.1) is 0 Å². The van der Waals surface area contributed by atoms with Crippen LogP contribution in [0.25, 0.3) is 0 Å². The minimum absolute atomic E-state index is 0.00494. The van der Waals surface area contributed by atoms with Crippen LogP contribution in [0.4, 0.5) is 0 Å². The molecule has 148 valence electrons. The summed E-state index contributed by atoms with van der Waals surface area (Å²) >= 11 is 0. The standard InChI is InChI=1S/C21H31N3O3/c1-14(2)18(23-19(25)16-8-6-5-7-9-16)20(26)22-17-10-12-24(13-11-17)21(27)15(3)4/h5-9,14-15,17-18H,10-13H2,1-4H3,(H,22,26)(H,23,25). The molecule has 0 bridgehead atoms. The summed E-state index contributed by atoms with van der Waals surface area (Å²) in [7, 11) is 0. The lowest BCUT2D eigenvalue weighted by Gasteiger charge is -2.34. The lowest BCUT2D eigenvalue weighted by atomic mass is 9.99. The molecule has 2 N–H and O–H groups in total. The van der Waals surface area contributed by atoms with Gasteiger partial charge in [0.2, 0.25) is 11.8 Å². The molecule has 0 aromatic heterocycles. The highest BCUT2D eigenvalue weighted by Gasteiger charge is 2.29. The van der Waals surface area contributed by atoms with Crippen LogP contribution in [0.2, 0.25) is 0 Å². The second-order valence-corrected chi connectivity index (χ2v) is 7.82. The summed E-state index contributed by atoms with van der Waals surface area (Å²) in [6.45, 7) is 8.95. The summed E-state index contributed by atoms with van der Waals surface area (Å²) in [6, 6.07) is 8.34. The zero-order valence-corrected chi connectivity index (χ0v) is 16.7. The van der Waals surface area contributed by atoms with Gasteiger partial charge >= 0.3 is 0 Å². The van der Waals surface area contributed by atoms with Crippen molar-refractivity contribution in [2.75, 3.05) is 13.1 Å². The number of amides is 3. The molecule has 1 unspecified atom stereocenters. The molecule has 0 saturated carbocycles.